The van der Waals surface area contributed by atoms with E-state index >= 15 is 0 Å². The summed E-state index contributed by atoms with van der Waals surface area (Å²) in [5.74, 6) is 0.540. The molecule has 1 aromatic heterocycles. The lowest BCUT2D eigenvalue weighted by Crippen LogP contribution is -2.20. The molecule has 0 aliphatic carbocycles. The number of aromatic nitrogens is 1. The van der Waals surface area contributed by atoms with Crippen LogP contribution in [0.4, 0.5) is 5.69 Å². The minimum absolute atomic E-state index is 0.221. The van der Waals surface area contributed by atoms with Gasteiger partial charge < -0.3 is 9.84 Å². The van der Waals surface area contributed by atoms with E-state index in [1.807, 2.05) is 37.3 Å². The van der Waals surface area contributed by atoms with E-state index in [1.54, 1.807) is 48.7 Å². The summed E-state index contributed by atoms with van der Waals surface area (Å²) >= 11 is 6.30. The highest BCUT2D eigenvalue weighted by molar-refractivity contribution is 6.32. The number of hydrogen-bond acceptors (Lipinski definition) is 4. The molecular formula is C24H19ClN2O3. The average molecular weight is 419 g/mol. The number of fused-ring (bicyclic) bond motifs is 1. The monoisotopic (exact) mass is 418 g/mol. The standard InChI is InChI=1S/C24H19ClN2O3/c1-2-30-17-13-11-16(12-14-17)26-15-20-18-7-3-4-8-19(18)23(28)27(24(20)29)22-10-6-5-9-21(22)25/h3-15,29H,2H2,1H3. The maximum atomic E-state index is 13.1. The largest absolute Gasteiger partial charge is 0.494 e. The number of hydrogen-bond donors (Lipinski definition) is 1. The molecule has 0 atom stereocenters. The first-order chi connectivity index (χ1) is 14.6. The summed E-state index contributed by atoms with van der Waals surface area (Å²) in [7, 11) is 0. The molecule has 0 saturated heterocycles. The molecule has 3 aromatic carbocycles. The Kier molecular flexibility index (Phi) is 5.55. The maximum Gasteiger partial charge on any atom is 0.265 e. The van der Waals surface area contributed by atoms with Gasteiger partial charge in [-0.15, -0.1) is 0 Å². The van der Waals surface area contributed by atoms with E-state index in [9.17, 15) is 9.90 Å². The van der Waals surface area contributed by atoms with Gasteiger partial charge in [-0.25, -0.2) is 4.57 Å². The molecule has 1 heterocycles. The Morgan fingerprint density at radius 3 is 2.37 bits per heavy atom. The van der Waals surface area contributed by atoms with Gasteiger partial charge >= 0.3 is 0 Å². The second-order valence-electron chi connectivity index (χ2n) is 6.56. The minimum Gasteiger partial charge on any atom is -0.494 e. The molecule has 0 radical (unpaired) electrons. The average Bonchev–Trinajstić information content (AvgIpc) is 2.76. The Balaban J connectivity index is 1.89. The summed E-state index contributed by atoms with van der Waals surface area (Å²) in [6.45, 7) is 2.51. The van der Waals surface area contributed by atoms with Crippen LogP contribution in [0.25, 0.3) is 16.5 Å². The van der Waals surface area contributed by atoms with Crippen LogP contribution in [0.1, 0.15) is 12.5 Å². The van der Waals surface area contributed by atoms with Crippen molar-refractivity contribution in [2.24, 2.45) is 4.99 Å². The van der Waals surface area contributed by atoms with E-state index in [4.69, 9.17) is 16.3 Å². The van der Waals surface area contributed by atoms with Gasteiger partial charge in [0.15, 0.2) is 0 Å². The van der Waals surface area contributed by atoms with Crippen LogP contribution in [0, 0.1) is 0 Å². The molecule has 0 unspecified atom stereocenters. The van der Waals surface area contributed by atoms with Crippen molar-refractivity contribution >= 4 is 34.3 Å². The van der Waals surface area contributed by atoms with Crippen molar-refractivity contribution in [3.05, 3.63) is 93.7 Å². The van der Waals surface area contributed by atoms with Crippen LogP contribution in [0.3, 0.4) is 0 Å². The lowest BCUT2D eigenvalue weighted by atomic mass is 10.1. The van der Waals surface area contributed by atoms with Crippen LogP contribution in [0.2, 0.25) is 5.02 Å². The molecule has 150 valence electrons. The van der Waals surface area contributed by atoms with Crippen molar-refractivity contribution in [3.8, 4) is 17.3 Å². The van der Waals surface area contributed by atoms with Gasteiger partial charge in [0, 0.05) is 17.0 Å². The van der Waals surface area contributed by atoms with Gasteiger partial charge in [-0.2, -0.15) is 0 Å². The van der Waals surface area contributed by atoms with E-state index in [2.05, 4.69) is 4.99 Å². The third-order valence-corrected chi connectivity index (χ3v) is 5.01. The Morgan fingerprint density at radius 2 is 1.67 bits per heavy atom. The minimum atomic E-state index is -0.352. The highest BCUT2D eigenvalue weighted by Crippen LogP contribution is 2.29. The molecule has 4 aromatic rings. The Hall–Kier alpha value is -3.57. The molecule has 0 spiro atoms. The maximum absolute atomic E-state index is 13.1. The first-order valence-corrected chi connectivity index (χ1v) is 9.86. The number of para-hydroxylation sites is 1. The van der Waals surface area contributed by atoms with Gasteiger partial charge in [0.2, 0.25) is 5.88 Å². The van der Waals surface area contributed by atoms with E-state index < -0.39 is 0 Å². The second kappa shape index (κ2) is 8.43. The Labute approximate surface area is 178 Å². The van der Waals surface area contributed by atoms with Crippen molar-refractivity contribution in [1.82, 2.24) is 4.57 Å². The van der Waals surface area contributed by atoms with Gasteiger partial charge in [-0.3, -0.25) is 9.79 Å². The van der Waals surface area contributed by atoms with Gasteiger partial charge in [0.1, 0.15) is 5.75 Å². The number of pyridine rings is 1. The molecular weight excluding hydrogens is 400 g/mol. The topological polar surface area (TPSA) is 63.8 Å². The van der Waals surface area contributed by atoms with Crippen LogP contribution >= 0.6 is 11.6 Å². The Bertz CT molecular complexity index is 1290. The number of benzene rings is 3. The predicted molar refractivity (Wildman–Crippen MR) is 121 cm³/mol. The zero-order chi connectivity index (χ0) is 21.1. The molecule has 0 aliphatic rings. The van der Waals surface area contributed by atoms with E-state index in [-0.39, 0.29) is 11.4 Å². The molecule has 5 nitrogen and oxygen atoms in total. The number of aliphatic imine (C=N–C) groups is 1. The highest BCUT2D eigenvalue weighted by Gasteiger charge is 2.17. The van der Waals surface area contributed by atoms with Gasteiger partial charge in [0.05, 0.1) is 28.6 Å². The van der Waals surface area contributed by atoms with Crippen LogP contribution in [-0.2, 0) is 0 Å². The molecule has 1 N–H and O–H groups in total. The van der Waals surface area contributed by atoms with Crippen molar-refractivity contribution in [2.75, 3.05) is 6.61 Å². The zero-order valence-electron chi connectivity index (χ0n) is 16.2. The SMILES string of the molecule is CCOc1ccc(N=Cc2c(O)n(-c3ccccc3Cl)c(=O)c3ccccc23)cc1. The number of nitrogens with zero attached hydrogens (tertiary/aromatic N) is 2. The molecule has 0 bridgehead atoms. The van der Waals surface area contributed by atoms with Crippen LogP contribution in [-0.4, -0.2) is 22.5 Å². The van der Waals surface area contributed by atoms with Gasteiger partial charge in [-0.1, -0.05) is 41.9 Å². The molecule has 6 heteroatoms. The number of rotatable bonds is 5. The fourth-order valence-corrected chi connectivity index (χ4v) is 3.50. The summed E-state index contributed by atoms with van der Waals surface area (Å²) in [6, 6.07) is 21.3. The summed E-state index contributed by atoms with van der Waals surface area (Å²) in [6.07, 6.45) is 1.56. The van der Waals surface area contributed by atoms with Crippen molar-refractivity contribution in [3.63, 3.8) is 0 Å². The van der Waals surface area contributed by atoms with E-state index in [0.717, 1.165) is 5.75 Å². The highest BCUT2D eigenvalue weighted by atomic mass is 35.5. The zero-order valence-corrected chi connectivity index (χ0v) is 17.0. The predicted octanol–water partition coefficient (Wildman–Crippen LogP) is 5.50. The molecule has 30 heavy (non-hydrogen) atoms. The number of halogens is 1. The fourth-order valence-electron chi connectivity index (χ4n) is 3.28. The normalized spacial score (nSPS) is 11.3. The molecule has 0 amide bonds. The first-order valence-electron chi connectivity index (χ1n) is 9.48. The first kappa shape index (κ1) is 19.7. The fraction of sp³-hybridized carbons (Fsp3) is 0.0833. The lowest BCUT2D eigenvalue weighted by Gasteiger charge is -2.14. The Morgan fingerprint density at radius 1 is 1.00 bits per heavy atom. The quantitative estimate of drug-likeness (QED) is 0.435. The van der Waals surface area contributed by atoms with Gasteiger partial charge in [0.25, 0.3) is 5.56 Å². The van der Waals surface area contributed by atoms with Crippen LogP contribution in [0.15, 0.2) is 82.6 Å². The van der Waals surface area contributed by atoms with Crippen molar-refractivity contribution < 1.29 is 9.84 Å². The third-order valence-electron chi connectivity index (χ3n) is 4.69. The van der Waals surface area contributed by atoms with Crippen molar-refractivity contribution in [1.29, 1.82) is 0 Å². The van der Waals surface area contributed by atoms with Crippen LogP contribution in [0.5, 0.6) is 11.6 Å². The van der Waals surface area contributed by atoms with E-state index in [0.29, 0.717) is 39.3 Å². The summed E-state index contributed by atoms with van der Waals surface area (Å²) in [5, 5.41) is 12.5. The molecule has 4 rings (SSSR count). The van der Waals surface area contributed by atoms with Gasteiger partial charge in [-0.05, 0) is 49.4 Å². The number of aromatic hydroxyl groups is 1. The molecule has 0 fully saturated rings. The third kappa shape index (κ3) is 3.67. The number of ether oxygens (including phenoxy) is 1. The summed E-state index contributed by atoms with van der Waals surface area (Å²) in [4.78, 5) is 17.6. The lowest BCUT2D eigenvalue weighted by molar-refractivity contribution is 0.340. The molecule has 0 saturated carbocycles. The van der Waals surface area contributed by atoms with E-state index in [1.165, 1.54) is 4.57 Å². The second-order valence-corrected chi connectivity index (χ2v) is 6.97. The van der Waals surface area contributed by atoms with Crippen LogP contribution < -0.4 is 10.3 Å². The van der Waals surface area contributed by atoms with Crippen molar-refractivity contribution in [2.45, 2.75) is 6.92 Å². The summed E-state index contributed by atoms with van der Waals surface area (Å²) in [5.41, 5.74) is 1.17. The smallest absolute Gasteiger partial charge is 0.265 e. The summed E-state index contributed by atoms with van der Waals surface area (Å²) < 4.78 is 6.66. The molecule has 0 aliphatic heterocycles.